The van der Waals surface area contributed by atoms with Gasteiger partial charge in [0.15, 0.2) is 11.5 Å². The molecule has 0 saturated heterocycles. The van der Waals surface area contributed by atoms with Crippen molar-refractivity contribution in [2.45, 2.75) is 24.3 Å². The third kappa shape index (κ3) is 4.49. The second-order valence-corrected chi connectivity index (χ2v) is 8.09. The molecule has 0 unspecified atom stereocenters. The fourth-order valence-electron chi connectivity index (χ4n) is 2.57. The summed E-state index contributed by atoms with van der Waals surface area (Å²) in [5.41, 5.74) is 0.780. The topological polar surface area (TPSA) is 73.9 Å². The van der Waals surface area contributed by atoms with E-state index >= 15 is 0 Å². The van der Waals surface area contributed by atoms with Crippen molar-refractivity contribution in [1.82, 2.24) is 4.72 Å². The maximum atomic E-state index is 12.9. The van der Waals surface area contributed by atoms with E-state index in [1.54, 1.807) is 38.5 Å². The van der Waals surface area contributed by atoms with Gasteiger partial charge in [0.1, 0.15) is 10.6 Å². The Balaban J connectivity index is 2.39. The van der Waals surface area contributed by atoms with Crippen molar-refractivity contribution >= 4 is 26.0 Å². The maximum Gasteiger partial charge on any atom is 0.244 e. The van der Waals surface area contributed by atoms with Gasteiger partial charge in [0, 0.05) is 10.5 Å². The van der Waals surface area contributed by atoms with Crippen LogP contribution in [0.5, 0.6) is 17.2 Å². The van der Waals surface area contributed by atoms with Crippen LogP contribution in [0.25, 0.3) is 0 Å². The average molecular weight is 444 g/mol. The Bertz CT molecular complexity index is 870. The molecule has 6 nitrogen and oxygen atoms in total. The number of methoxy groups -OCH3 is 3. The Morgan fingerprint density at radius 3 is 2.15 bits per heavy atom. The average Bonchev–Trinajstić information content (AvgIpc) is 2.65. The first-order chi connectivity index (χ1) is 12.4. The molecule has 0 heterocycles. The lowest BCUT2D eigenvalue weighted by molar-refractivity contribution is 0.354. The number of ether oxygens (including phenoxy) is 3. The summed E-state index contributed by atoms with van der Waals surface area (Å²) >= 11 is 3.30. The summed E-state index contributed by atoms with van der Waals surface area (Å²) < 4.78 is 45.0. The molecule has 8 heteroatoms. The van der Waals surface area contributed by atoms with Crippen LogP contribution < -0.4 is 18.9 Å². The van der Waals surface area contributed by atoms with Gasteiger partial charge in [0.2, 0.25) is 10.0 Å². The molecule has 2 aromatic rings. The van der Waals surface area contributed by atoms with Crippen molar-refractivity contribution in [3.63, 3.8) is 0 Å². The Kier molecular flexibility index (Phi) is 6.91. The molecule has 26 heavy (non-hydrogen) atoms. The van der Waals surface area contributed by atoms with Crippen molar-refractivity contribution in [2.24, 2.45) is 0 Å². The Labute approximate surface area is 162 Å². The predicted octanol–water partition coefficient (Wildman–Crippen LogP) is 3.90. The standard InChI is InChI=1S/C18H22BrNO5S/c1-5-14(12-6-8-15(23-2)17(10-12)25-4)20-26(21,22)18-11-13(19)7-9-16(18)24-3/h6-11,14,20H,5H2,1-4H3/t14-/m0/s1. The first kappa shape index (κ1) is 20.5. The van der Waals surface area contributed by atoms with E-state index in [1.165, 1.54) is 13.2 Å². The molecule has 0 spiro atoms. The monoisotopic (exact) mass is 443 g/mol. The SMILES string of the molecule is CC[C@H](NS(=O)(=O)c1cc(Br)ccc1OC)c1ccc(OC)c(OC)c1. The smallest absolute Gasteiger partial charge is 0.244 e. The van der Waals surface area contributed by atoms with Gasteiger partial charge < -0.3 is 14.2 Å². The number of halogens is 1. The van der Waals surface area contributed by atoms with Gasteiger partial charge >= 0.3 is 0 Å². The van der Waals surface area contributed by atoms with Gasteiger partial charge in [-0.05, 0) is 42.3 Å². The molecule has 0 bridgehead atoms. The first-order valence-corrected chi connectivity index (χ1v) is 10.2. The van der Waals surface area contributed by atoms with Crippen LogP contribution in [-0.2, 0) is 10.0 Å². The molecule has 2 aromatic carbocycles. The van der Waals surface area contributed by atoms with Crippen LogP contribution in [0.2, 0.25) is 0 Å². The highest BCUT2D eigenvalue weighted by Crippen LogP contribution is 2.33. The predicted molar refractivity (Wildman–Crippen MR) is 104 cm³/mol. The largest absolute Gasteiger partial charge is 0.495 e. The molecule has 0 aliphatic carbocycles. The Hall–Kier alpha value is -1.77. The second-order valence-electron chi connectivity index (χ2n) is 5.49. The number of benzene rings is 2. The van der Waals surface area contributed by atoms with Crippen molar-refractivity contribution in [1.29, 1.82) is 0 Å². The zero-order chi connectivity index (χ0) is 19.3. The zero-order valence-corrected chi connectivity index (χ0v) is 17.5. The van der Waals surface area contributed by atoms with Crippen LogP contribution in [0.3, 0.4) is 0 Å². The van der Waals surface area contributed by atoms with E-state index < -0.39 is 16.1 Å². The van der Waals surface area contributed by atoms with Crippen LogP contribution in [0.4, 0.5) is 0 Å². The highest BCUT2D eigenvalue weighted by Gasteiger charge is 2.24. The summed E-state index contributed by atoms with van der Waals surface area (Å²) in [4.78, 5) is 0.0771. The molecule has 0 saturated carbocycles. The van der Waals surface area contributed by atoms with E-state index in [4.69, 9.17) is 14.2 Å². The van der Waals surface area contributed by atoms with Crippen molar-refractivity contribution in [2.75, 3.05) is 21.3 Å². The lowest BCUT2D eigenvalue weighted by atomic mass is 10.1. The lowest BCUT2D eigenvalue weighted by Crippen LogP contribution is -2.28. The van der Waals surface area contributed by atoms with Crippen LogP contribution in [0.15, 0.2) is 45.8 Å². The molecule has 1 atom stereocenters. The van der Waals surface area contributed by atoms with Crippen LogP contribution in [0, 0.1) is 0 Å². The van der Waals surface area contributed by atoms with Crippen molar-refractivity contribution < 1.29 is 22.6 Å². The fourth-order valence-corrected chi connectivity index (χ4v) is 4.58. The molecule has 1 N–H and O–H groups in total. The lowest BCUT2D eigenvalue weighted by Gasteiger charge is -2.20. The van der Waals surface area contributed by atoms with Gasteiger partial charge in [-0.1, -0.05) is 28.9 Å². The van der Waals surface area contributed by atoms with Crippen molar-refractivity contribution in [3.05, 3.63) is 46.4 Å². The molecule has 0 aliphatic rings. The highest BCUT2D eigenvalue weighted by atomic mass is 79.9. The van der Waals surface area contributed by atoms with E-state index in [0.29, 0.717) is 22.4 Å². The molecule has 0 fully saturated rings. The van der Waals surface area contributed by atoms with Gasteiger partial charge in [0.05, 0.1) is 21.3 Å². The maximum absolute atomic E-state index is 12.9. The minimum absolute atomic E-state index is 0.0771. The zero-order valence-electron chi connectivity index (χ0n) is 15.1. The number of hydrogen-bond donors (Lipinski definition) is 1. The van der Waals surface area contributed by atoms with Gasteiger partial charge in [-0.25, -0.2) is 13.1 Å². The number of hydrogen-bond acceptors (Lipinski definition) is 5. The Morgan fingerprint density at radius 1 is 0.962 bits per heavy atom. The summed E-state index contributed by atoms with van der Waals surface area (Å²) in [6.07, 6.45) is 0.561. The minimum atomic E-state index is -3.80. The fraction of sp³-hybridized carbons (Fsp3) is 0.333. The molecule has 0 amide bonds. The van der Waals surface area contributed by atoms with Crippen LogP contribution in [0.1, 0.15) is 24.9 Å². The van der Waals surface area contributed by atoms with E-state index in [2.05, 4.69) is 20.7 Å². The van der Waals surface area contributed by atoms with Gasteiger partial charge in [0.25, 0.3) is 0 Å². The molecular formula is C18H22BrNO5S. The third-order valence-corrected chi connectivity index (χ3v) is 5.92. The minimum Gasteiger partial charge on any atom is -0.495 e. The summed E-state index contributed by atoms with van der Waals surface area (Å²) in [7, 11) is 0.735. The number of nitrogens with one attached hydrogen (secondary N) is 1. The van der Waals surface area contributed by atoms with Crippen molar-refractivity contribution in [3.8, 4) is 17.2 Å². The number of sulfonamides is 1. The third-order valence-electron chi connectivity index (χ3n) is 3.93. The quantitative estimate of drug-likeness (QED) is 0.669. The van der Waals surface area contributed by atoms with Gasteiger partial charge in [-0.2, -0.15) is 0 Å². The van der Waals surface area contributed by atoms with Crippen LogP contribution in [-0.4, -0.2) is 29.7 Å². The van der Waals surface area contributed by atoms with E-state index in [9.17, 15) is 8.42 Å². The van der Waals surface area contributed by atoms with Gasteiger partial charge in [-0.3, -0.25) is 0 Å². The summed E-state index contributed by atoms with van der Waals surface area (Å²) in [5, 5.41) is 0. The molecule has 2 rings (SSSR count). The summed E-state index contributed by atoms with van der Waals surface area (Å²) in [6.45, 7) is 1.90. The summed E-state index contributed by atoms with van der Waals surface area (Å²) in [6, 6.07) is 9.76. The van der Waals surface area contributed by atoms with Crippen LogP contribution >= 0.6 is 15.9 Å². The molecule has 0 aromatic heterocycles. The molecule has 0 radical (unpaired) electrons. The molecular weight excluding hydrogens is 422 g/mol. The van der Waals surface area contributed by atoms with Gasteiger partial charge in [-0.15, -0.1) is 0 Å². The second kappa shape index (κ2) is 8.75. The van der Waals surface area contributed by atoms with E-state index in [-0.39, 0.29) is 10.6 Å². The van der Waals surface area contributed by atoms with E-state index in [0.717, 1.165) is 5.56 Å². The normalized spacial score (nSPS) is 12.5. The van der Waals surface area contributed by atoms with E-state index in [1.807, 2.05) is 13.0 Å². The summed E-state index contributed by atoms with van der Waals surface area (Å²) in [5.74, 6) is 1.41. The number of rotatable bonds is 8. The molecule has 0 aliphatic heterocycles. The molecule has 142 valence electrons. The Morgan fingerprint density at radius 2 is 1.58 bits per heavy atom. The highest BCUT2D eigenvalue weighted by molar-refractivity contribution is 9.10. The first-order valence-electron chi connectivity index (χ1n) is 7.94.